The number of aromatic nitrogens is 5. The second-order valence-corrected chi connectivity index (χ2v) is 6.07. The summed E-state index contributed by atoms with van der Waals surface area (Å²) < 4.78 is 3.22. The van der Waals surface area contributed by atoms with Crippen molar-refractivity contribution >= 4 is 11.2 Å². The number of hydrogen-bond donors (Lipinski definition) is 0. The van der Waals surface area contributed by atoms with Crippen molar-refractivity contribution in [1.29, 1.82) is 0 Å². The predicted octanol–water partition coefficient (Wildman–Crippen LogP) is 2.39. The van der Waals surface area contributed by atoms with Crippen LogP contribution in [0.2, 0.25) is 0 Å². The van der Waals surface area contributed by atoms with Gasteiger partial charge in [-0.25, -0.2) is 9.67 Å². The van der Waals surface area contributed by atoms with E-state index in [1.54, 1.807) is 15.6 Å². The Kier molecular flexibility index (Phi) is 3.85. The van der Waals surface area contributed by atoms with Gasteiger partial charge in [-0.1, -0.05) is 65.4 Å². The second kappa shape index (κ2) is 6.32. The molecule has 0 atom stereocenters. The first-order chi connectivity index (χ1) is 12.2. The predicted molar refractivity (Wildman–Crippen MR) is 95.4 cm³/mol. The van der Waals surface area contributed by atoms with Gasteiger partial charge in [-0.05, 0) is 18.1 Å². The summed E-state index contributed by atoms with van der Waals surface area (Å²) in [5.41, 5.74) is 3.96. The highest BCUT2D eigenvalue weighted by Crippen LogP contribution is 2.09. The zero-order chi connectivity index (χ0) is 17.2. The van der Waals surface area contributed by atoms with Gasteiger partial charge in [-0.2, -0.15) is 0 Å². The van der Waals surface area contributed by atoms with Crippen molar-refractivity contribution in [1.82, 2.24) is 24.5 Å². The Hall–Kier alpha value is -3.28. The van der Waals surface area contributed by atoms with Crippen LogP contribution in [0, 0.1) is 6.92 Å². The molecule has 6 nitrogen and oxygen atoms in total. The van der Waals surface area contributed by atoms with Crippen LogP contribution < -0.4 is 5.56 Å². The Bertz CT molecular complexity index is 1060. The molecule has 4 aromatic rings. The molecule has 0 N–H and O–H groups in total. The molecule has 0 radical (unpaired) electrons. The first kappa shape index (κ1) is 15.3. The quantitative estimate of drug-likeness (QED) is 0.576. The zero-order valence-corrected chi connectivity index (χ0v) is 13.8. The molecule has 2 aromatic heterocycles. The minimum Gasteiger partial charge on any atom is -0.293 e. The first-order valence-corrected chi connectivity index (χ1v) is 8.09. The molecule has 4 rings (SSSR count). The third kappa shape index (κ3) is 3.06. The third-order valence-electron chi connectivity index (χ3n) is 4.14. The Morgan fingerprint density at radius 2 is 1.64 bits per heavy atom. The monoisotopic (exact) mass is 331 g/mol. The van der Waals surface area contributed by atoms with E-state index in [0.717, 1.165) is 11.1 Å². The lowest BCUT2D eigenvalue weighted by Crippen LogP contribution is -2.21. The van der Waals surface area contributed by atoms with Crippen molar-refractivity contribution < 1.29 is 0 Å². The maximum atomic E-state index is 12.7. The van der Waals surface area contributed by atoms with Crippen LogP contribution in [-0.2, 0) is 13.1 Å². The van der Waals surface area contributed by atoms with E-state index in [9.17, 15) is 4.79 Å². The van der Waals surface area contributed by atoms with Gasteiger partial charge in [0.1, 0.15) is 6.33 Å². The van der Waals surface area contributed by atoms with Gasteiger partial charge in [0.05, 0.1) is 13.1 Å². The summed E-state index contributed by atoms with van der Waals surface area (Å²) in [7, 11) is 0. The van der Waals surface area contributed by atoms with Gasteiger partial charge in [0.2, 0.25) is 0 Å². The summed E-state index contributed by atoms with van der Waals surface area (Å²) >= 11 is 0. The maximum Gasteiger partial charge on any atom is 0.283 e. The Balaban J connectivity index is 1.67. The molecule has 2 heterocycles. The van der Waals surface area contributed by atoms with Gasteiger partial charge in [0.25, 0.3) is 5.56 Å². The molecule has 0 aliphatic carbocycles. The van der Waals surface area contributed by atoms with Crippen molar-refractivity contribution in [2.24, 2.45) is 0 Å². The van der Waals surface area contributed by atoms with E-state index in [1.807, 2.05) is 49.4 Å². The molecule has 0 bridgehead atoms. The number of rotatable bonds is 4. The average Bonchev–Trinajstić information content (AvgIpc) is 3.04. The van der Waals surface area contributed by atoms with Crippen molar-refractivity contribution in [2.45, 2.75) is 20.0 Å². The lowest BCUT2D eigenvalue weighted by molar-refractivity contribution is 0.662. The highest BCUT2D eigenvalue weighted by atomic mass is 16.1. The number of hydrogen-bond acceptors (Lipinski definition) is 4. The highest BCUT2D eigenvalue weighted by molar-refractivity contribution is 5.67. The minimum atomic E-state index is -0.177. The first-order valence-electron chi connectivity index (χ1n) is 8.09. The van der Waals surface area contributed by atoms with Crippen molar-refractivity contribution in [2.75, 3.05) is 0 Å². The standard InChI is InChI=1S/C19H17N5O/c1-14-7-9-16(10-8-14)12-24-18-17(21-22-24)19(25)23(13-20-18)11-15-5-3-2-4-6-15/h2-10,13H,11-12H2,1H3. The third-order valence-corrected chi connectivity index (χ3v) is 4.14. The van der Waals surface area contributed by atoms with Gasteiger partial charge < -0.3 is 0 Å². The number of benzene rings is 2. The normalized spacial score (nSPS) is 11.1. The summed E-state index contributed by atoms with van der Waals surface area (Å²) in [5, 5.41) is 8.16. The van der Waals surface area contributed by atoms with E-state index >= 15 is 0 Å². The molecule has 0 fully saturated rings. The summed E-state index contributed by atoms with van der Waals surface area (Å²) in [6.45, 7) is 3.05. The molecule has 0 saturated heterocycles. The smallest absolute Gasteiger partial charge is 0.283 e. The van der Waals surface area contributed by atoms with Crippen LogP contribution in [0.15, 0.2) is 65.7 Å². The second-order valence-electron chi connectivity index (χ2n) is 6.07. The Morgan fingerprint density at radius 1 is 0.920 bits per heavy atom. The molecular formula is C19H17N5O. The topological polar surface area (TPSA) is 65.6 Å². The lowest BCUT2D eigenvalue weighted by Gasteiger charge is -2.06. The van der Waals surface area contributed by atoms with E-state index in [-0.39, 0.29) is 5.56 Å². The largest absolute Gasteiger partial charge is 0.293 e. The number of aryl methyl sites for hydroxylation is 1. The fraction of sp³-hybridized carbons (Fsp3) is 0.158. The van der Waals surface area contributed by atoms with Gasteiger partial charge in [-0.15, -0.1) is 5.10 Å². The Morgan fingerprint density at radius 3 is 2.40 bits per heavy atom. The van der Waals surface area contributed by atoms with E-state index in [4.69, 9.17) is 0 Å². The average molecular weight is 331 g/mol. The van der Waals surface area contributed by atoms with Gasteiger partial charge >= 0.3 is 0 Å². The van der Waals surface area contributed by atoms with Crippen LogP contribution in [0.4, 0.5) is 0 Å². The van der Waals surface area contributed by atoms with Crippen LogP contribution >= 0.6 is 0 Å². The van der Waals surface area contributed by atoms with Crippen LogP contribution in [-0.4, -0.2) is 24.5 Å². The van der Waals surface area contributed by atoms with E-state index in [2.05, 4.69) is 27.4 Å². The fourth-order valence-corrected chi connectivity index (χ4v) is 2.75. The van der Waals surface area contributed by atoms with E-state index in [1.165, 1.54) is 5.56 Å². The maximum absolute atomic E-state index is 12.7. The highest BCUT2D eigenvalue weighted by Gasteiger charge is 2.12. The summed E-state index contributed by atoms with van der Waals surface area (Å²) in [6, 6.07) is 18.0. The molecule has 0 spiro atoms. The molecule has 124 valence electrons. The molecule has 0 unspecified atom stereocenters. The van der Waals surface area contributed by atoms with Crippen LogP contribution in [0.25, 0.3) is 11.2 Å². The molecule has 0 aliphatic heterocycles. The summed E-state index contributed by atoms with van der Waals surface area (Å²) in [6.07, 6.45) is 1.56. The molecule has 0 amide bonds. The van der Waals surface area contributed by atoms with E-state index in [0.29, 0.717) is 24.3 Å². The number of nitrogens with zero attached hydrogens (tertiary/aromatic N) is 5. The molecule has 25 heavy (non-hydrogen) atoms. The lowest BCUT2D eigenvalue weighted by atomic mass is 10.1. The van der Waals surface area contributed by atoms with Gasteiger partial charge in [0, 0.05) is 0 Å². The SMILES string of the molecule is Cc1ccc(Cn2nnc3c(=O)n(Cc4ccccc4)cnc32)cc1. The fourth-order valence-electron chi connectivity index (χ4n) is 2.75. The minimum absolute atomic E-state index is 0.177. The molecule has 2 aromatic carbocycles. The van der Waals surface area contributed by atoms with Crippen LogP contribution in [0.1, 0.15) is 16.7 Å². The van der Waals surface area contributed by atoms with Crippen LogP contribution in [0.5, 0.6) is 0 Å². The summed E-state index contributed by atoms with van der Waals surface area (Å²) in [4.78, 5) is 17.1. The number of fused-ring (bicyclic) bond motifs is 1. The molecular weight excluding hydrogens is 314 g/mol. The van der Waals surface area contributed by atoms with Crippen LogP contribution in [0.3, 0.4) is 0 Å². The molecule has 6 heteroatoms. The van der Waals surface area contributed by atoms with E-state index < -0.39 is 0 Å². The Labute approximate surface area is 144 Å². The molecule has 0 saturated carbocycles. The van der Waals surface area contributed by atoms with Crippen molar-refractivity contribution in [3.8, 4) is 0 Å². The summed E-state index contributed by atoms with van der Waals surface area (Å²) in [5.74, 6) is 0. The van der Waals surface area contributed by atoms with Crippen molar-refractivity contribution in [3.63, 3.8) is 0 Å². The van der Waals surface area contributed by atoms with Gasteiger partial charge in [0.15, 0.2) is 11.2 Å². The van der Waals surface area contributed by atoms with Gasteiger partial charge in [-0.3, -0.25) is 9.36 Å². The molecule has 0 aliphatic rings. The van der Waals surface area contributed by atoms with Crippen molar-refractivity contribution in [3.05, 3.63) is 88.0 Å². The zero-order valence-electron chi connectivity index (χ0n) is 13.8.